The zero-order valence-corrected chi connectivity index (χ0v) is 33.1. The summed E-state index contributed by atoms with van der Waals surface area (Å²) in [7, 11) is 0. The quantitative estimate of drug-likeness (QED) is 0.151. The first-order chi connectivity index (χ1) is 30.2. The van der Waals surface area contributed by atoms with Gasteiger partial charge in [-0.3, -0.25) is 0 Å². The predicted octanol–water partition coefficient (Wildman–Crippen LogP) is 16.8. The minimum atomic E-state index is 0.844. The molecule has 0 aliphatic carbocycles. The molecule has 61 heavy (non-hydrogen) atoms. The Morgan fingerprint density at radius 1 is 0.279 bits per heavy atom. The summed E-state index contributed by atoms with van der Waals surface area (Å²) >= 11 is 0. The molecule has 0 aliphatic heterocycles. The van der Waals surface area contributed by atoms with E-state index in [1.807, 2.05) is 6.07 Å². The molecular weight excluding hydrogens is 743 g/mol. The molecule has 10 aromatic carbocycles. The van der Waals surface area contributed by atoms with Crippen molar-refractivity contribution in [3.63, 3.8) is 0 Å². The summed E-state index contributed by atoms with van der Waals surface area (Å²) in [4.78, 5) is 2.31. The topological polar surface area (TPSA) is 29.5 Å². The summed E-state index contributed by atoms with van der Waals surface area (Å²) in [5, 5.41) is 8.01. The Hall–Kier alpha value is -8.14. The number of fused-ring (bicyclic) bond motifs is 9. The van der Waals surface area contributed by atoms with Gasteiger partial charge in [-0.25, -0.2) is 0 Å². The molecular formula is C58H37NO2. The standard InChI is InChI=1S/C58H37NO2/c1-4-14-38(15-5-1)40-24-29-44(30-25-40)59(46-33-35-50-49-34-28-43(39-16-6-2-7-17-39)36-53(49)60-54(50)37-46)45-31-26-41(27-32-45)55-56-51-22-12-10-20-47(51)48-21-11-13-23-52(48)58(56)61-57(55)42-18-8-3-9-19-42/h1-37H. The number of hydrogen-bond acceptors (Lipinski definition) is 3. The van der Waals surface area contributed by atoms with Gasteiger partial charge in [-0.05, 0) is 92.5 Å². The lowest BCUT2D eigenvalue weighted by molar-refractivity contribution is 0.636. The predicted molar refractivity (Wildman–Crippen MR) is 255 cm³/mol. The second kappa shape index (κ2) is 14.3. The van der Waals surface area contributed by atoms with Gasteiger partial charge in [-0.1, -0.05) is 170 Å². The molecule has 0 bridgehead atoms. The maximum atomic E-state index is 7.00. The molecule has 0 saturated heterocycles. The van der Waals surface area contributed by atoms with Crippen molar-refractivity contribution < 1.29 is 8.83 Å². The third-order valence-electron chi connectivity index (χ3n) is 12.1. The van der Waals surface area contributed by atoms with Crippen LogP contribution in [0.1, 0.15) is 0 Å². The number of furan rings is 2. The Balaban J connectivity index is 1.02. The first-order valence-corrected chi connectivity index (χ1v) is 20.7. The van der Waals surface area contributed by atoms with Crippen LogP contribution in [0.15, 0.2) is 233 Å². The molecule has 12 rings (SSSR count). The molecule has 0 saturated carbocycles. The van der Waals surface area contributed by atoms with Gasteiger partial charge < -0.3 is 13.7 Å². The van der Waals surface area contributed by atoms with Crippen molar-refractivity contribution in [3.05, 3.63) is 224 Å². The Kier molecular flexibility index (Phi) is 8.17. The highest BCUT2D eigenvalue weighted by atomic mass is 16.3. The average molecular weight is 780 g/mol. The van der Waals surface area contributed by atoms with Crippen molar-refractivity contribution in [2.75, 3.05) is 4.90 Å². The second-order valence-electron chi connectivity index (χ2n) is 15.6. The molecule has 0 atom stereocenters. The highest BCUT2D eigenvalue weighted by Crippen LogP contribution is 2.48. The Morgan fingerprint density at radius 2 is 0.721 bits per heavy atom. The molecule has 0 fully saturated rings. The van der Waals surface area contributed by atoms with Crippen molar-refractivity contribution in [1.82, 2.24) is 0 Å². The van der Waals surface area contributed by atoms with Crippen LogP contribution in [0, 0.1) is 0 Å². The van der Waals surface area contributed by atoms with Gasteiger partial charge in [0, 0.05) is 55.8 Å². The van der Waals surface area contributed by atoms with Gasteiger partial charge in [0.15, 0.2) is 0 Å². The van der Waals surface area contributed by atoms with E-state index in [9.17, 15) is 0 Å². The molecule has 3 nitrogen and oxygen atoms in total. The van der Waals surface area contributed by atoms with Gasteiger partial charge in [-0.15, -0.1) is 0 Å². The summed E-state index contributed by atoms with van der Waals surface area (Å²) in [6, 6.07) is 79.6. The fourth-order valence-corrected chi connectivity index (χ4v) is 9.17. The fourth-order valence-electron chi connectivity index (χ4n) is 9.17. The molecule has 286 valence electrons. The molecule has 3 heteroatoms. The van der Waals surface area contributed by atoms with E-state index in [1.165, 1.54) is 32.8 Å². The number of rotatable bonds is 7. The molecule has 2 heterocycles. The van der Waals surface area contributed by atoms with Gasteiger partial charge in [-0.2, -0.15) is 0 Å². The minimum Gasteiger partial charge on any atom is -0.456 e. The molecule has 0 unspecified atom stereocenters. The Morgan fingerprint density at radius 3 is 1.36 bits per heavy atom. The van der Waals surface area contributed by atoms with Crippen LogP contribution in [0.5, 0.6) is 0 Å². The van der Waals surface area contributed by atoms with Crippen LogP contribution in [0.4, 0.5) is 17.1 Å². The van der Waals surface area contributed by atoms with Crippen LogP contribution in [-0.4, -0.2) is 0 Å². The lowest BCUT2D eigenvalue weighted by Crippen LogP contribution is -2.09. The van der Waals surface area contributed by atoms with Gasteiger partial charge in [0.05, 0.1) is 0 Å². The first kappa shape index (κ1) is 34.9. The van der Waals surface area contributed by atoms with Crippen LogP contribution >= 0.6 is 0 Å². The largest absolute Gasteiger partial charge is 0.456 e. The van der Waals surface area contributed by atoms with E-state index in [1.54, 1.807) is 0 Å². The maximum absolute atomic E-state index is 7.00. The van der Waals surface area contributed by atoms with E-state index in [0.29, 0.717) is 0 Å². The molecule has 0 amide bonds. The molecule has 0 radical (unpaired) electrons. The molecule has 0 N–H and O–H groups in total. The molecule has 2 aromatic heterocycles. The van der Waals surface area contributed by atoms with E-state index in [4.69, 9.17) is 8.83 Å². The number of benzene rings is 10. The third-order valence-corrected chi connectivity index (χ3v) is 12.1. The van der Waals surface area contributed by atoms with E-state index >= 15 is 0 Å². The smallest absolute Gasteiger partial charge is 0.143 e. The van der Waals surface area contributed by atoms with Crippen LogP contribution in [-0.2, 0) is 0 Å². The average Bonchev–Trinajstić information content (AvgIpc) is 3.92. The van der Waals surface area contributed by atoms with Gasteiger partial charge >= 0.3 is 0 Å². The summed E-state index contributed by atoms with van der Waals surface area (Å²) < 4.78 is 13.6. The van der Waals surface area contributed by atoms with E-state index in [0.717, 1.165) is 83.4 Å². The van der Waals surface area contributed by atoms with Gasteiger partial charge in [0.1, 0.15) is 22.5 Å². The van der Waals surface area contributed by atoms with Crippen LogP contribution in [0.2, 0.25) is 0 Å². The van der Waals surface area contributed by atoms with Crippen LogP contribution in [0.25, 0.3) is 99.2 Å². The zero-order valence-electron chi connectivity index (χ0n) is 33.1. The minimum absolute atomic E-state index is 0.844. The van der Waals surface area contributed by atoms with Crippen molar-refractivity contribution in [1.29, 1.82) is 0 Å². The summed E-state index contributed by atoms with van der Waals surface area (Å²) in [5.41, 5.74) is 13.6. The number of nitrogens with zero attached hydrogens (tertiary/aromatic N) is 1. The normalized spacial score (nSPS) is 11.6. The lowest BCUT2D eigenvalue weighted by Gasteiger charge is -2.26. The third kappa shape index (κ3) is 5.90. The van der Waals surface area contributed by atoms with Crippen molar-refractivity contribution in [3.8, 4) is 44.7 Å². The number of hydrogen-bond donors (Lipinski definition) is 0. The van der Waals surface area contributed by atoms with Gasteiger partial charge in [0.2, 0.25) is 0 Å². The van der Waals surface area contributed by atoms with Crippen molar-refractivity contribution in [2.24, 2.45) is 0 Å². The van der Waals surface area contributed by atoms with Crippen LogP contribution in [0.3, 0.4) is 0 Å². The van der Waals surface area contributed by atoms with Crippen molar-refractivity contribution >= 4 is 71.5 Å². The molecule has 12 aromatic rings. The SMILES string of the molecule is c1ccc(-c2ccc(N(c3ccc(-c4c(-c5ccccc5)oc5c6ccccc6c6ccccc6c45)cc3)c3ccc4c(c3)oc3cc(-c5ccccc5)ccc34)cc2)cc1. The Labute approximate surface area is 353 Å². The summed E-state index contributed by atoms with van der Waals surface area (Å²) in [6.45, 7) is 0. The Bertz CT molecular complexity index is 3550. The summed E-state index contributed by atoms with van der Waals surface area (Å²) in [5.74, 6) is 0.865. The van der Waals surface area contributed by atoms with Crippen molar-refractivity contribution in [2.45, 2.75) is 0 Å². The monoisotopic (exact) mass is 779 g/mol. The highest BCUT2D eigenvalue weighted by Gasteiger charge is 2.23. The van der Waals surface area contributed by atoms with E-state index in [-0.39, 0.29) is 0 Å². The van der Waals surface area contributed by atoms with E-state index in [2.05, 4.69) is 223 Å². The molecule has 0 spiro atoms. The first-order valence-electron chi connectivity index (χ1n) is 20.7. The summed E-state index contributed by atoms with van der Waals surface area (Å²) in [6.07, 6.45) is 0. The zero-order chi connectivity index (χ0) is 40.3. The second-order valence-corrected chi connectivity index (χ2v) is 15.6. The highest BCUT2D eigenvalue weighted by molar-refractivity contribution is 6.28. The van der Waals surface area contributed by atoms with Gasteiger partial charge in [0.25, 0.3) is 0 Å². The molecule has 0 aliphatic rings. The number of anilines is 3. The lowest BCUT2D eigenvalue weighted by atomic mass is 9.92. The fraction of sp³-hybridized carbons (Fsp3) is 0. The maximum Gasteiger partial charge on any atom is 0.143 e. The van der Waals surface area contributed by atoms with E-state index < -0.39 is 0 Å². The van der Waals surface area contributed by atoms with Crippen LogP contribution < -0.4 is 4.90 Å².